The second-order valence-corrected chi connectivity index (χ2v) is 4.12. The van der Waals surface area contributed by atoms with Gasteiger partial charge in [-0.2, -0.15) is 0 Å². The molecule has 1 aromatic rings. The summed E-state index contributed by atoms with van der Waals surface area (Å²) in [6.07, 6.45) is -4.97. The lowest BCUT2D eigenvalue weighted by atomic mass is 10.2. The SMILES string of the molecule is O=C(O)c1c(OC(F)(F)F)cc(I)nc1CCl. The lowest BCUT2D eigenvalue weighted by molar-refractivity contribution is -0.274. The van der Waals surface area contributed by atoms with Crippen molar-refractivity contribution in [3.8, 4) is 5.75 Å². The molecule has 1 heterocycles. The van der Waals surface area contributed by atoms with Crippen LogP contribution in [0.4, 0.5) is 13.2 Å². The average Bonchev–Trinajstić information content (AvgIpc) is 2.12. The quantitative estimate of drug-likeness (QED) is 0.497. The zero-order chi connectivity index (χ0) is 13.2. The fourth-order valence-corrected chi connectivity index (χ4v) is 1.84. The molecule has 0 aromatic carbocycles. The summed E-state index contributed by atoms with van der Waals surface area (Å²) in [6.45, 7) is 0. The van der Waals surface area contributed by atoms with Crippen LogP contribution in [-0.4, -0.2) is 22.4 Å². The van der Waals surface area contributed by atoms with E-state index in [0.29, 0.717) is 0 Å². The molecule has 0 aliphatic heterocycles. The van der Waals surface area contributed by atoms with Gasteiger partial charge >= 0.3 is 12.3 Å². The standard InChI is InChI=1S/C8H4ClF3INO3/c9-2-3-6(7(15)16)4(1-5(13)14-3)17-8(10,11)12/h1H,2H2,(H,15,16). The molecule has 0 saturated heterocycles. The normalized spacial score (nSPS) is 11.4. The molecule has 0 spiro atoms. The minimum atomic E-state index is -4.97. The van der Waals surface area contributed by atoms with Gasteiger partial charge in [0.1, 0.15) is 15.0 Å². The number of carboxylic acid groups (broad SMARTS) is 1. The van der Waals surface area contributed by atoms with E-state index in [1.807, 2.05) is 0 Å². The van der Waals surface area contributed by atoms with Crippen LogP contribution in [0.25, 0.3) is 0 Å². The molecule has 0 radical (unpaired) electrons. The summed E-state index contributed by atoms with van der Waals surface area (Å²) in [5.74, 6) is -2.73. The maximum Gasteiger partial charge on any atom is 0.573 e. The van der Waals surface area contributed by atoms with Gasteiger partial charge in [0, 0.05) is 6.07 Å². The number of ether oxygens (including phenoxy) is 1. The van der Waals surface area contributed by atoms with Gasteiger partial charge in [-0.3, -0.25) is 0 Å². The molecule has 0 atom stereocenters. The van der Waals surface area contributed by atoms with E-state index < -0.39 is 23.6 Å². The summed E-state index contributed by atoms with van der Waals surface area (Å²) in [5, 5.41) is 8.82. The maximum atomic E-state index is 12.1. The number of hydrogen-bond donors (Lipinski definition) is 1. The van der Waals surface area contributed by atoms with Crippen LogP contribution in [0.2, 0.25) is 0 Å². The van der Waals surface area contributed by atoms with Gasteiger partial charge in [-0.15, -0.1) is 24.8 Å². The van der Waals surface area contributed by atoms with Gasteiger partial charge in [-0.25, -0.2) is 9.78 Å². The van der Waals surface area contributed by atoms with E-state index in [1.165, 1.54) is 0 Å². The predicted octanol–water partition coefficient (Wildman–Crippen LogP) is 3.02. The third-order valence-corrected chi connectivity index (χ3v) is 2.40. The van der Waals surface area contributed by atoms with Crippen molar-refractivity contribution in [1.82, 2.24) is 4.98 Å². The van der Waals surface area contributed by atoms with Gasteiger partial charge in [-0.1, -0.05) is 0 Å². The van der Waals surface area contributed by atoms with Crippen LogP contribution in [0.1, 0.15) is 16.1 Å². The molecule has 0 bridgehead atoms. The minimum absolute atomic E-state index is 0.155. The van der Waals surface area contributed by atoms with E-state index in [1.54, 1.807) is 22.6 Å². The molecular weight excluding hydrogens is 377 g/mol. The number of halogens is 5. The molecule has 0 aliphatic rings. The highest BCUT2D eigenvalue weighted by Crippen LogP contribution is 2.30. The number of hydrogen-bond acceptors (Lipinski definition) is 3. The van der Waals surface area contributed by atoms with Crippen LogP contribution in [0.15, 0.2) is 6.07 Å². The second kappa shape index (κ2) is 5.25. The Balaban J connectivity index is 3.35. The van der Waals surface area contributed by atoms with Crippen molar-refractivity contribution in [3.63, 3.8) is 0 Å². The number of rotatable bonds is 3. The largest absolute Gasteiger partial charge is 0.573 e. The van der Waals surface area contributed by atoms with Crippen molar-refractivity contribution < 1.29 is 27.8 Å². The molecule has 1 aromatic heterocycles. The Bertz CT molecular complexity index is 452. The van der Waals surface area contributed by atoms with Gasteiger partial charge in [0.15, 0.2) is 0 Å². The highest BCUT2D eigenvalue weighted by atomic mass is 127. The Hall–Kier alpha value is -0.770. The molecule has 0 unspecified atom stereocenters. The van der Waals surface area contributed by atoms with Gasteiger partial charge in [0.25, 0.3) is 0 Å². The zero-order valence-corrected chi connectivity index (χ0v) is 10.8. The van der Waals surface area contributed by atoms with Crippen LogP contribution < -0.4 is 4.74 Å². The summed E-state index contributed by atoms with van der Waals surface area (Å²) in [4.78, 5) is 14.6. The molecule has 4 nitrogen and oxygen atoms in total. The van der Waals surface area contributed by atoms with Gasteiger partial charge in [0.05, 0.1) is 11.6 Å². The molecule has 0 fully saturated rings. The van der Waals surface area contributed by atoms with Crippen LogP contribution in [0, 0.1) is 3.70 Å². The van der Waals surface area contributed by atoms with E-state index in [4.69, 9.17) is 16.7 Å². The monoisotopic (exact) mass is 381 g/mol. The molecule has 0 saturated carbocycles. The van der Waals surface area contributed by atoms with E-state index in [2.05, 4.69) is 9.72 Å². The Morgan fingerprint density at radius 2 is 2.18 bits per heavy atom. The average molecular weight is 381 g/mol. The van der Waals surface area contributed by atoms with E-state index >= 15 is 0 Å². The van der Waals surface area contributed by atoms with E-state index in [0.717, 1.165) is 6.07 Å². The Morgan fingerprint density at radius 3 is 2.59 bits per heavy atom. The van der Waals surface area contributed by atoms with E-state index in [9.17, 15) is 18.0 Å². The smallest absolute Gasteiger partial charge is 0.477 e. The highest BCUT2D eigenvalue weighted by molar-refractivity contribution is 14.1. The molecule has 0 aliphatic carbocycles. The molecule has 1 rings (SSSR count). The second-order valence-electron chi connectivity index (χ2n) is 2.75. The van der Waals surface area contributed by atoms with Gasteiger partial charge in [-0.05, 0) is 22.6 Å². The first kappa shape index (κ1) is 14.3. The Morgan fingerprint density at radius 1 is 1.59 bits per heavy atom. The van der Waals surface area contributed by atoms with Crippen LogP contribution in [-0.2, 0) is 5.88 Å². The maximum absolute atomic E-state index is 12.1. The number of alkyl halides is 4. The fraction of sp³-hybridized carbons (Fsp3) is 0.250. The summed E-state index contributed by atoms with van der Waals surface area (Å²) < 4.78 is 40.0. The molecule has 9 heteroatoms. The lowest BCUT2D eigenvalue weighted by Gasteiger charge is -2.13. The highest BCUT2D eigenvalue weighted by Gasteiger charge is 2.34. The van der Waals surface area contributed by atoms with Crippen LogP contribution in [0.3, 0.4) is 0 Å². The molecular formula is C8H4ClF3INO3. The van der Waals surface area contributed by atoms with Crippen molar-refractivity contribution in [1.29, 1.82) is 0 Å². The van der Waals surface area contributed by atoms with Crippen LogP contribution in [0.5, 0.6) is 5.75 Å². The van der Waals surface area contributed by atoms with Crippen LogP contribution >= 0.6 is 34.2 Å². The number of aromatic nitrogens is 1. The van der Waals surface area contributed by atoms with Gasteiger partial charge in [0.2, 0.25) is 0 Å². The molecule has 1 N–H and O–H groups in total. The number of carbonyl (C=O) groups is 1. The summed E-state index contributed by atoms with van der Waals surface area (Å²) >= 11 is 7.06. The summed E-state index contributed by atoms with van der Waals surface area (Å²) in [6, 6.07) is 0.882. The first-order chi connectivity index (χ1) is 7.74. The predicted molar refractivity (Wildman–Crippen MR) is 60.2 cm³/mol. The first-order valence-electron chi connectivity index (χ1n) is 3.99. The number of aromatic carboxylic acids is 1. The Kier molecular flexibility index (Phi) is 4.42. The molecule has 0 amide bonds. The molecule has 94 valence electrons. The zero-order valence-electron chi connectivity index (χ0n) is 7.89. The first-order valence-corrected chi connectivity index (χ1v) is 5.60. The van der Waals surface area contributed by atoms with E-state index in [-0.39, 0.29) is 15.3 Å². The minimum Gasteiger partial charge on any atom is -0.477 e. The van der Waals surface area contributed by atoms with Gasteiger partial charge < -0.3 is 9.84 Å². The third kappa shape index (κ3) is 3.87. The summed E-state index contributed by atoms with van der Waals surface area (Å²) in [5.41, 5.74) is -0.858. The number of nitrogens with zero attached hydrogens (tertiary/aromatic N) is 1. The van der Waals surface area contributed by atoms with Crippen molar-refractivity contribution in [2.24, 2.45) is 0 Å². The van der Waals surface area contributed by atoms with Crippen molar-refractivity contribution in [3.05, 3.63) is 21.0 Å². The Labute approximate surface area is 112 Å². The molecule has 17 heavy (non-hydrogen) atoms. The number of carboxylic acids is 1. The number of pyridine rings is 1. The lowest BCUT2D eigenvalue weighted by Crippen LogP contribution is -2.20. The topological polar surface area (TPSA) is 59.4 Å². The van der Waals surface area contributed by atoms with Crippen molar-refractivity contribution in [2.75, 3.05) is 0 Å². The van der Waals surface area contributed by atoms with Crippen molar-refractivity contribution >= 4 is 40.2 Å². The third-order valence-electron chi connectivity index (χ3n) is 1.59. The van der Waals surface area contributed by atoms with Crippen molar-refractivity contribution in [2.45, 2.75) is 12.2 Å². The fourth-order valence-electron chi connectivity index (χ4n) is 1.07. The summed E-state index contributed by atoms with van der Waals surface area (Å²) in [7, 11) is 0.